The second-order valence-corrected chi connectivity index (χ2v) is 8.08. The minimum atomic E-state index is -1.00. The highest BCUT2D eigenvalue weighted by molar-refractivity contribution is 6.19. The van der Waals surface area contributed by atoms with Crippen molar-refractivity contribution in [3.05, 3.63) is 95.2 Å². The molecule has 4 aromatic rings. The molecule has 7 heteroatoms. The maximum absolute atomic E-state index is 13.8. The number of aryl methyl sites for hydroxylation is 1. The molecule has 0 fully saturated rings. The maximum atomic E-state index is 13.8. The molecule has 0 aliphatic carbocycles. The van der Waals surface area contributed by atoms with Gasteiger partial charge in [0.2, 0.25) is 0 Å². The monoisotopic (exact) mass is 471 g/mol. The van der Waals surface area contributed by atoms with Gasteiger partial charge in [-0.15, -0.1) is 0 Å². The van der Waals surface area contributed by atoms with E-state index in [1.54, 1.807) is 24.3 Å². The Balaban J connectivity index is 1.64. The minimum Gasteiger partial charge on any atom is -0.478 e. The first-order valence-corrected chi connectivity index (χ1v) is 11.2. The van der Waals surface area contributed by atoms with Crippen LogP contribution in [0, 0.1) is 0 Å². The quantitative estimate of drug-likeness (QED) is 0.186. The number of rotatable bonds is 10. The number of benzene rings is 3. The lowest BCUT2D eigenvalue weighted by atomic mass is 9.91. The van der Waals surface area contributed by atoms with E-state index in [0.717, 1.165) is 27.6 Å². The van der Waals surface area contributed by atoms with Gasteiger partial charge in [0.1, 0.15) is 0 Å². The highest BCUT2D eigenvalue weighted by Crippen LogP contribution is 2.30. The van der Waals surface area contributed by atoms with E-state index < -0.39 is 5.97 Å². The topological polar surface area (TPSA) is 106 Å². The molecule has 0 saturated heterocycles. The number of hydrogen-bond donors (Lipinski definition) is 2. The molecule has 1 heterocycles. The van der Waals surface area contributed by atoms with Crippen molar-refractivity contribution < 1.29 is 29.0 Å². The van der Waals surface area contributed by atoms with Crippen molar-refractivity contribution in [3.8, 4) is 11.1 Å². The molecule has 0 aliphatic rings. The molecule has 0 amide bonds. The lowest BCUT2D eigenvalue weighted by Gasteiger charge is -2.11. The Hall–Kier alpha value is -4.23. The third-order valence-electron chi connectivity index (χ3n) is 5.81. The van der Waals surface area contributed by atoms with Crippen LogP contribution in [0.25, 0.3) is 22.0 Å². The Morgan fingerprint density at radius 2 is 1.66 bits per heavy atom. The Kier molecular flexibility index (Phi) is 7.38. The van der Waals surface area contributed by atoms with Gasteiger partial charge >= 0.3 is 11.9 Å². The minimum absolute atomic E-state index is 0.0665. The molecule has 178 valence electrons. The van der Waals surface area contributed by atoms with Crippen molar-refractivity contribution >= 4 is 28.6 Å². The molecular formula is C28H25NO6. The summed E-state index contributed by atoms with van der Waals surface area (Å²) in [5, 5.41) is 10.0. The number of ether oxygens (including phenoxy) is 2. The van der Waals surface area contributed by atoms with E-state index in [9.17, 15) is 19.5 Å². The van der Waals surface area contributed by atoms with Gasteiger partial charge in [-0.25, -0.2) is 4.79 Å². The van der Waals surface area contributed by atoms with Crippen molar-refractivity contribution in [1.29, 1.82) is 0 Å². The fourth-order valence-electron chi connectivity index (χ4n) is 4.13. The highest BCUT2D eigenvalue weighted by atomic mass is 16.7. The number of carbonyl (C=O) groups is 3. The van der Waals surface area contributed by atoms with Crippen LogP contribution in [0.3, 0.4) is 0 Å². The van der Waals surface area contributed by atoms with Crippen LogP contribution in [0.1, 0.15) is 44.7 Å². The van der Waals surface area contributed by atoms with Gasteiger partial charge in [0.05, 0.1) is 5.56 Å². The van der Waals surface area contributed by atoms with E-state index in [4.69, 9.17) is 9.47 Å². The molecule has 0 aliphatic heterocycles. The number of H-pyrrole nitrogens is 1. The number of aromatic amines is 1. The van der Waals surface area contributed by atoms with Gasteiger partial charge in [0, 0.05) is 41.8 Å². The molecule has 3 aromatic carbocycles. The Bertz CT molecular complexity index is 1370. The smallest absolute Gasteiger partial charge is 0.335 e. The third-order valence-corrected chi connectivity index (χ3v) is 5.81. The summed E-state index contributed by atoms with van der Waals surface area (Å²) in [5.41, 5.74) is 4.56. The summed E-state index contributed by atoms with van der Waals surface area (Å²) in [4.78, 5) is 40.0. The molecular weight excluding hydrogens is 446 g/mol. The van der Waals surface area contributed by atoms with Gasteiger partial charge in [0.25, 0.3) is 0 Å². The lowest BCUT2D eigenvalue weighted by Crippen LogP contribution is -2.07. The summed E-state index contributed by atoms with van der Waals surface area (Å²) in [7, 11) is 1.46. The Morgan fingerprint density at radius 1 is 0.914 bits per heavy atom. The second-order valence-electron chi connectivity index (χ2n) is 8.08. The number of ketones is 1. The standard InChI is InChI=1S/C28H25NO6/c1-34-17-35-25(30)11-4-6-20-16-29-24-10-5-9-23(26(20)24)27(31)22-8-3-2-7-21(22)18-12-14-19(15-13-18)28(32)33/h2-3,5,7-10,12-16,29H,4,6,11,17H2,1H3,(H,32,33). The van der Waals surface area contributed by atoms with Crippen LogP contribution in [-0.2, 0) is 20.7 Å². The van der Waals surface area contributed by atoms with Crippen LogP contribution in [0.2, 0.25) is 0 Å². The SMILES string of the molecule is COCOC(=O)CCCc1c[nH]c2cccc(C(=O)c3ccccc3-c3ccc(C(=O)O)cc3)c12. The molecule has 0 atom stereocenters. The summed E-state index contributed by atoms with van der Waals surface area (Å²) in [6.45, 7) is -0.0665. The van der Waals surface area contributed by atoms with E-state index in [1.807, 2.05) is 36.5 Å². The largest absolute Gasteiger partial charge is 0.478 e. The van der Waals surface area contributed by atoms with Gasteiger partial charge in [0.15, 0.2) is 12.6 Å². The number of carboxylic acid groups (broad SMARTS) is 1. The number of carbonyl (C=O) groups excluding carboxylic acids is 2. The van der Waals surface area contributed by atoms with Crippen molar-refractivity contribution in [2.45, 2.75) is 19.3 Å². The number of carboxylic acids is 1. The summed E-state index contributed by atoms with van der Waals surface area (Å²) in [5.74, 6) is -1.46. The Morgan fingerprint density at radius 3 is 2.40 bits per heavy atom. The van der Waals surface area contributed by atoms with E-state index in [2.05, 4.69) is 4.98 Å². The average Bonchev–Trinajstić information content (AvgIpc) is 3.30. The average molecular weight is 472 g/mol. The van der Waals surface area contributed by atoms with Gasteiger partial charge < -0.3 is 19.6 Å². The van der Waals surface area contributed by atoms with E-state index in [1.165, 1.54) is 19.2 Å². The summed E-state index contributed by atoms with van der Waals surface area (Å²) < 4.78 is 9.69. The fourth-order valence-corrected chi connectivity index (χ4v) is 4.13. The van der Waals surface area contributed by atoms with E-state index in [-0.39, 0.29) is 30.5 Å². The molecule has 0 spiro atoms. The van der Waals surface area contributed by atoms with Crippen LogP contribution in [0.5, 0.6) is 0 Å². The normalized spacial score (nSPS) is 10.9. The highest BCUT2D eigenvalue weighted by Gasteiger charge is 2.19. The zero-order valence-electron chi connectivity index (χ0n) is 19.2. The molecule has 0 radical (unpaired) electrons. The van der Waals surface area contributed by atoms with Crippen LogP contribution in [0.4, 0.5) is 0 Å². The Labute approximate surface area is 202 Å². The van der Waals surface area contributed by atoms with Gasteiger partial charge in [-0.1, -0.05) is 48.5 Å². The first-order chi connectivity index (χ1) is 17.0. The van der Waals surface area contributed by atoms with Crippen LogP contribution in [0.15, 0.2) is 72.9 Å². The summed E-state index contributed by atoms with van der Waals surface area (Å²) in [6.07, 6.45) is 3.30. The maximum Gasteiger partial charge on any atom is 0.335 e. The predicted octanol–water partition coefficient (Wildman–Crippen LogP) is 5.23. The van der Waals surface area contributed by atoms with Crippen molar-refractivity contribution in [1.82, 2.24) is 4.98 Å². The third kappa shape index (κ3) is 5.31. The number of nitrogens with one attached hydrogen (secondary N) is 1. The summed E-state index contributed by atoms with van der Waals surface area (Å²) in [6, 6.07) is 19.3. The molecule has 0 unspecified atom stereocenters. The van der Waals surface area contributed by atoms with Gasteiger partial charge in [-0.2, -0.15) is 0 Å². The first kappa shape index (κ1) is 23.9. The molecule has 1 aromatic heterocycles. The predicted molar refractivity (Wildman–Crippen MR) is 131 cm³/mol. The zero-order valence-corrected chi connectivity index (χ0v) is 19.2. The van der Waals surface area contributed by atoms with Gasteiger partial charge in [-0.05, 0) is 47.7 Å². The molecule has 35 heavy (non-hydrogen) atoms. The van der Waals surface area contributed by atoms with Gasteiger partial charge in [-0.3, -0.25) is 9.59 Å². The molecule has 0 bridgehead atoms. The molecule has 2 N–H and O–H groups in total. The second kappa shape index (κ2) is 10.8. The lowest BCUT2D eigenvalue weighted by molar-refractivity contribution is -0.154. The van der Waals surface area contributed by atoms with E-state index in [0.29, 0.717) is 24.0 Å². The van der Waals surface area contributed by atoms with Crippen molar-refractivity contribution in [3.63, 3.8) is 0 Å². The zero-order chi connectivity index (χ0) is 24.8. The van der Waals surface area contributed by atoms with Crippen molar-refractivity contribution in [2.75, 3.05) is 13.9 Å². The van der Waals surface area contributed by atoms with Crippen LogP contribution < -0.4 is 0 Å². The number of fused-ring (bicyclic) bond motifs is 1. The number of esters is 1. The first-order valence-electron chi connectivity index (χ1n) is 11.2. The number of methoxy groups -OCH3 is 1. The van der Waals surface area contributed by atoms with Crippen molar-refractivity contribution in [2.24, 2.45) is 0 Å². The molecule has 7 nitrogen and oxygen atoms in total. The van der Waals surface area contributed by atoms with E-state index >= 15 is 0 Å². The molecule has 4 rings (SSSR count). The number of hydrogen-bond acceptors (Lipinski definition) is 5. The van der Waals surface area contributed by atoms with Crippen LogP contribution >= 0.6 is 0 Å². The summed E-state index contributed by atoms with van der Waals surface area (Å²) >= 11 is 0. The molecule has 0 saturated carbocycles. The number of aromatic carboxylic acids is 1. The fraction of sp³-hybridized carbons (Fsp3) is 0.179. The van der Waals surface area contributed by atoms with Crippen LogP contribution in [-0.4, -0.2) is 41.7 Å². The number of aromatic nitrogens is 1.